The number of hydrogen-bond donors (Lipinski definition) is 1. The molecule has 1 N–H and O–H groups in total. The minimum Gasteiger partial charge on any atom is -0.497 e. The minimum atomic E-state index is -0.108. The maximum absolute atomic E-state index is 12.0. The first-order valence-corrected chi connectivity index (χ1v) is 7.27. The molecule has 2 aromatic carbocycles. The smallest absolute Gasteiger partial charge is 0.244 e. The summed E-state index contributed by atoms with van der Waals surface area (Å²) in [6.45, 7) is 4.02. The van der Waals surface area contributed by atoms with Gasteiger partial charge in [0.05, 0.1) is 13.2 Å². The van der Waals surface area contributed by atoms with Gasteiger partial charge in [0, 0.05) is 6.08 Å². The molecular formula is C19H21NO2. The Morgan fingerprint density at radius 1 is 1.09 bits per heavy atom. The second-order valence-electron chi connectivity index (χ2n) is 5.25. The Morgan fingerprint density at radius 3 is 2.32 bits per heavy atom. The van der Waals surface area contributed by atoms with Crippen LogP contribution >= 0.6 is 0 Å². The number of methoxy groups -OCH3 is 1. The highest BCUT2D eigenvalue weighted by Gasteiger charge is 2.06. The third kappa shape index (κ3) is 4.48. The summed E-state index contributed by atoms with van der Waals surface area (Å²) in [5.41, 5.74) is 3.26. The van der Waals surface area contributed by atoms with Crippen LogP contribution in [0.4, 0.5) is 0 Å². The maximum Gasteiger partial charge on any atom is 0.244 e. The molecule has 0 spiro atoms. The lowest BCUT2D eigenvalue weighted by molar-refractivity contribution is -0.117. The molecule has 1 amide bonds. The topological polar surface area (TPSA) is 38.3 Å². The molecular weight excluding hydrogens is 274 g/mol. The Balaban J connectivity index is 1.93. The second-order valence-corrected chi connectivity index (χ2v) is 5.25. The number of benzene rings is 2. The molecule has 0 saturated carbocycles. The van der Waals surface area contributed by atoms with Crippen molar-refractivity contribution in [1.82, 2.24) is 5.32 Å². The Kier molecular flexibility index (Phi) is 5.37. The Hall–Kier alpha value is -2.55. The quantitative estimate of drug-likeness (QED) is 0.850. The van der Waals surface area contributed by atoms with Gasteiger partial charge in [-0.05, 0) is 43.2 Å². The molecule has 0 aliphatic heterocycles. The van der Waals surface area contributed by atoms with Gasteiger partial charge in [-0.2, -0.15) is 0 Å². The van der Waals surface area contributed by atoms with Crippen molar-refractivity contribution in [2.24, 2.45) is 0 Å². The van der Waals surface area contributed by atoms with Crippen molar-refractivity contribution < 1.29 is 9.53 Å². The van der Waals surface area contributed by atoms with E-state index >= 15 is 0 Å². The van der Waals surface area contributed by atoms with Crippen molar-refractivity contribution in [2.75, 3.05) is 7.11 Å². The van der Waals surface area contributed by atoms with Crippen molar-refractivity contribution >= 4 is 12.0 Å². The van der Waals surface area contributed by atoms with E-state index < -0.39 is 0 Å². The number of nitrogens with one attached hydrogen (secondary N) is 1. The first-order chi connectivity index (χ1) is 10.6. The summed E-state index contributed by atoms with van der Waals surface area (Å²) in [5, 5.41) is 2.96. The number of aryl methyl sites for hydroxylation is 1. The first-order valence-electron chi connectivity index (χ1n) is 7.27. The Morgan fingerprint density at radius 2 is 1.73 bits per heavy atom. The standard InChI is InChI=1S/C19H21NO2/c1-14-4-9-17(10-5-14)15(2)20-19(21)13-8-16-6-11-18(22-3)12-7-16/h4-13,15H,1-3H3,(H,20,21)/b13-8+/t15-/m1/s1. The Labute approximate surface area is 131 Å². The fourth-order valence-corrected chi connectivity index (χ4v) is 2.09. The predicted molar refractivity (Wildman–Crippen MR) is 89.8 cm³/mol. The Bertz CT molecular complexity index is 642. The molecule has 0 radical (unpaired) electrons. The van der Waals surface area contributed by atoms with Crippen LogP contribution < -0.4 is 10.1 Å². The van der Waals surface area contributed by atoms with Gasteiger partial charge in [-0.15, -0.1) is 0 Å². The number of carbonyl (C=O) groups excluding carboxylic acids is 1. The van der Waals surface area contributed by atoms with Gasteiger partial charge in [-0.3, -0.25) is 4.79 Å². The molecule has 3 nitrogen and oxygen atoms in total. The van der Waals surface area contributed by atoms with Gasteiger partial charge in [0.2, 0.25) is 5.91 Å². The van der Waals surface area contributed by atoms with Gasteiger partial charge >= 0.3 is 0 Å². The molecule has 114 valence electrons. The van der Waals surface area contributed by atoms with Crippen molar-refractivity contribution in [3.63, 3.8) is 0 Å². The van der Waals surface area contributed by atoms with Crippen LogP contribution in [0.3, 0.4) is 0 Å². The molecule has 0 heterocycles. The third-order valence-electron chi connectivity index (χ3n) is 3.48. The lowest BCUT2D eigenvalue weighted by Gasteiger charge is -2.13. The summed E-state index contributed by atoms with van der Waals surface area (Å²) in [5.74, 6) is 0.693. The predicted octanol–water partition coefficient (Wildman–Crippen LogP) is 3.89. The molecule has 0 fully saturated rings. The molecule has 0 aliphatic rings. The van der Waals surface area contributed by atoms with E-state index in [1.54, 1.807) is 19.3 Å². The van der Waals surface area contributed by atoms with Crippen LogP contribution in [0.1, 0.15) is 29.7 Å². The molecule has 0 aromatic heterocycles. The summed E-state index contributed by atoms with van der Waals surface area (Å²) < 4.78 is 5.10. The number of rotatable bonds is 5. The van der Waals surface area contributed by atoms with Gasteiger partial charge < -0.3 is 10.1 Å². The van der Waals surface area contributed by atoms with Crippen molar-refractivity contribution in [3.8, 4) is 5.75 Å². The zero-order valence-electron chi connectivity index (χ0n) is 13.2. The van der Waals surface area contributed by atoms with E-state index in [1.807, 2.05) is 62.4 Å². The summed E-state index contributed by atoms with van der Waals surface area (Å²) in [6, 6.07) is 15.7. The molecule has 3 heteroatoms. The van der Waals surface area contributed by atoms with Gasteiger partial charge in [0.1, 0.15) is 5.75 Å². The molecule has 2 rings (SSSR count). The lowest BCUT2D eigenvalue weighted by atomic mass is 10.1. The van der Waals surface area contributed by atoms with Crippen molar-refractivity contribution in [2.45, 2.75) is 19.9 Å². The highest BCUT2D eigenvalue weighted by Crippen LogP contribution is 2.14. The first kappa shape index (κ1) is 15.8. The summed E-state index contributed by atoms with van der Waals surface area (Å²) >= 11 is 0. The maximum atomic E-state index is 12.0. The van der Waals surface area contributed by atoms with E-state index in [-0.39, 0.29) is 11.9 Å². The van der Waals surface area contributed by atoms with Gasteiger partial charge in [-0.1, -0.05) is 42.0 Å². The summed E-state index contributed by atoms with van der Waals surface area (Å²) in [4.78, 5) is 12.0. The molecule has 0 aliphatic carbocycles. The number of ether oxygens (including phenoxy) is 1. The normalized spacial score (nSPS) is 12.1. The van der Waals surface area contributed by atoms with Crippen LogP contribution in [0.25, 0.3) is 6.08 Å². The SMILES string of the molecule is COc1ccc(/C=C/C(=O)N[C@H](C)c2ccc(C)cc2)cc1. The number of carbonyl (C=O) groups is 1. The molecule has 0 bridgehead atoms. The van der Waals surface area contributed by atoms with Crippen molar-refractivity contribution in [3.05, 3.63) is 71.3 Å². The lowest BCUT2D eigenvalue weighted by Crippen LogP contribution is -2.24. The largest absolute Gasteiger partial charge is 0.497 e. The average molecular weight is 295 g/mol. The van der Waals surface area contributed by atoms with Gasteiger partial charge in [-0.25, -0.2) is 0 Å². The van der Waals surface area contributed by atoms with E-state index in [9.17, 15) is 4.79 Å². The fraction of sp³-hybridized carbons (Fsp3) is 0.211. The zero-order valence-corrected chi connectivity index (χ0v) is 13.2. The van der Waals surface area contributed by atoms with E-state index in [2.05, 4.69) is 5.32 Å². The highest BCUT2D eigenvalue weighted by atomic mass is 16.5. The molecule has 22 heavy (non-hydrogen) atoms. The van der Waals surface area contributed by atoms with Gasteiger partial charge in [0.25, 0.3) is 0 Å². The zero-order chi connectivity index (χ0) is 15.9. The third-order valence-corrected chi connectivity index (χ3v) is 3.48. The summed E-state index contributed by atoms with van der Waals surface area (Å²) in [6.07, 6.45) is 3.34. The van der Waals surface area contributed by atoms with Crippen LogP contribution in [0, 0.1) is 6.92 Å². The number of amides is 1. The molecule has 0 unspecified atom stereocenters. The van der Waals surface area contributed by atoms with Gasteiger partial charge in [0.15, 0.2) is 0 Å². The minimum absolute atomic E-state index is 0.0198. The van der Waals surface area contributed by atoms with Crippen LogP contribution in [-0.4, -0.2) is 13.0 Å². The van der Waals surface area contributed by atoms with Crippen molar-refractivity contribution in [1.29, 1.82) is 0 Å². The van der Waals surface area contributed by atoms with E-state index in [0.29, 0.717) is 0 Å². The molecule has 2 aromatic rings. The van der Waals surface area contributed by atoms with E-state index in [1.165, 1.54) is 5.56 Å². The average Bonchev–Trinajstić information content (AvgIpc) is 2.54. The highest BCUT2D eigenvalue weighted by molar-refractivity contribution is 5.91. The summed E-state index contributed by atoms with van der Waals surface area (Å²) in [7, 11) is 1.63. The van der Waals surface area contributed by atoms with E-state index in [4.69, 9.17) is 4.74 Å². The number of hydrogen-bond acceptors (Lipinski definition) is 2. The fourth-order valence-electron chi connectivity index (χ4n) is 2.09. The molecule has 1 atom stereocenters. The van der Waals surface area contributed by atoms with Crippen LogP contribution in [0.15, 0.2) is 54.6 Å². The van der Waals surface area contributed by atoms with Crippen LogP contribution in [-0.2, 0) is 4.79 Å². The van der Waals surface area contributed by atoms with E-state index in [0.717, 1.165) is 16.9 Å². The second kappa shape index (κ2) is 7.46. The monoisotopic (exact) mass is 295 g/mol. The van der Waals surface area contributed by atoms with Crippen LogP contribution in [0.5, 0.6) is 5.75 Å². The molecule has 0 saturated heterocycles. The van der Waals surface area contributed by atoms with Crippen LogP contribution in [0.2, 0.25) is 0 Å².